The molecule has 0 amide bonds. The highest BCUT2D eigenvalue weighted by molar-refractivity contribution is 7.89. The minimum Gasteiger partial charge on any atom is -0.507 e. The van der Waals surface area contributed by atoms with E-state index in [0.717, 1.165) is 36.8 Å². The zero-order valence-corrected chi connectivity index (χ0v) is 15.8. The second-order valence-electron chi connectivity index (χ2n) is 6.72. The van der Waals surface area contributed by atoms with Crippen LogP contribution in [-0.2, 0) is 10.0 Å². The van der Waals surface area contributed by atoms with E-state index >= 15 is 0 Å². The van der Waals surface area contributed by atoms with Crippen LogP contribution in [0.1, 0.15) is 36.8 Å². The monoisotopic (exact) mass is 373 g/mol. The highest BCUT2D eigenvalue weighted by atomic mass is 32.2. The lowest BCUT2D eigenvalue weighted by Crippen LogP contribution is -2.32. The summed E-state index contributed by atoms with van der Waals surface area (Å²) in [6.07, 6.45) is 3.94. The zero-order chi connectivity index (χ0) is 18.7. The second kappa shape index (κ2) is 7.55. The molecule has 0 saturated heterocycles. The average molecular weight is 373 g/mol. The zero-order valence-electron chi connectivity index (χ0n) is 14.9. The van der Waals surface area contributed by atoms with E-state index in [9.17, 15) is 13.5 Å². The van der Waals surface area contributed by atoms with Crippen molar-refractivity contribution in [1.29, 1.82) is 0 Å². The third-order valence-corrected chi connectivity index (χ3v) is 6.12. The number of hydrogen-bond acceptors (Lipinski definition) is 5. The van der Waals surface area contributed by atoms with Gasteiger partial charge < -0.3 is 5.11 Å². The third-order valence-electron chi connectivity index (χ3n) is 4.58. The topological polar surface area (TPSA) is 91.1 Å². The Hall–Kier alpha value is -2.25. The summed E-state index contributed by atoms with van der Waals surface area (Å²) in [5, 5.41) is 18.1. The number of rotatable bonds is 5. The molecule has 0 bridgehead atoms. The summed E-state index contributed by atoms with van der Waals surface area (Å²) >= 11 is 0. The van der Waals surface area contributed by atoms with Crippen LogP contribution in [0.2, 0.25) is 0 Å². The number of nitrogens with one attached hydrogen (secondary N) is 1. The normalized spacial score (nSPS) is 15.8. The summed E-state index contributed by atoms with van der Waals surface area (Å²) < 4.78 is 27.6. The molecule has 26 heavy (non-hydrogen) atoms. The maximum atomic E-state index is 12.4. The van der Waals surface area contributed by atoms with Gasteiger partial charge in [-0.3, -0.25) is 0 Å². The van der Waals surface area contributed by atoms with Gasteiger partial charge in [0.2, 0.25) is 10.0 Å². The van der Waals surface area contributed by atoms with Crippen molar-refractivity contribution in [3.63, 3.8) is 0 Å². The van der Waals surface area contributed by atoms with Gasteiger partial charge >= 0.3 is 0 Å². The van der Waals surface area contributed by atoms with E-state index in [-0.39, 0.29) is 16.7 Å². The van der Waals surface area contributed by atoms with Crippen LogP contribution in [0.5, 0.6) is 5.75 Å². The number of hydrogen-bond donors (Lipinski definition) is 2. The van der Waals surface area contributed by atoms with E-state index in [1.807, 2.05) is 0 Å². The number of aryl methyl sites for hydroxylation is 2. The summed E-state index contributed by atoms with van der Waals surface area (Å²) in [5.41, 5.74) is 2.67. The lowest BCUT2D eigenvalue weighted by Gasteiger charge is -2.12. The number of phenolic OH excluding ortho intramolecular Hbond substituents is 1. The number of benzene rings is 2. The molecule has 1 aliphatic carbocycles. The molecule has 2 aromatic rings. The number of nitrogens with zero attached hydrogens (tertiary/aromatic N) is 2. The third kappa shape index (κ3) is 4.28. The number of azo groups is 1. The van der Waals surface area contributed by atoms with Gasteiger partial charge in [0, 0.05) is 6.04 Å². The molecule has 6 nitrogen and oxygen atoms in total. The molecular formula is C19H23N3O3S. The van der Waals surface area contributed by atoms with E-state index in [4.69, 9.17) is 0 Å². The number of sulfonamides is 1. The summed E-state index contributed by atoms with van der Waals surface area (Å²) in [6.45, 7) is 3.61. The Bertz CT molecular complexity index is 893. The first-order valence-corrected chi connectivity index (χ1v) is 10.2. The Morgan fingerprint density at radius 2 is 1.50 bits per heavy atom. The molecule has 7 heteroatoms. The maximum Gasteiger partial charge on any atom is 0.240 e. The van der Waals surface area contributed by atoms with Crippen LogP contribution in [0.15, 0.2) is 51.5 Å². The summed E-state index contributed by atoms with van der Waals surface area (Å²) in [6, 6.07) is 9.88. The summed E-state index contributed by atoms with van der Waals surface area (Å²) in [4.78, 5) is 0.236. The minimum absolute atomic E-state index is 0.0420. The van der Waals surface area contributed by atoms with Crippen LogP contribution >= 0.6 is 0 Å². The van der Waals surface area contributed by atoms with Crippen molar-refractivity contribution >= 4 is 21.4 Å². The van der Waals surface area contributed by atoms with Crippen molar-refractivity contribution in [1.82, 2.24) is 4.72 Å². The number of phenols is 1. The smallest absolute Gasteiger partial charge is 0.240 e. The quantitative estimate of drug-likeness (QED) is 0.748. The standard InChI is InChI=1S/C19H23N3O3S/c1-13-11-17(12-14(2)19(13)23)21-20-15-7-9-18(10-8-15)26(24,25)22-16-5-3-4-6-16/h7-12,16,22-23H,3-6H2,1-2H3. The molecule has 0 aliphatic heterocycles. The Kier molecular flexibility index (Phi) is 5.38. The Morgan fingerprint density at radius 3 is 2.08 bits per heavy atom. The van der Waals surface area contributed by atoms with E-state index in [1.54, 1.807) is 50.2 Å². The fraction of sp³-hybridized carbons (Fsp3) is 0.368. The lowest BCUT2D eigenvalue weighted by atomic mass is 10.1. The van der Waals surface area contributed by atoms with Gasteiger partial charge in [0.15, 0.2) is 0 Å². The Labute approximate surface area is 154 Å². The molecule has 0 spiro atoms. The lowest BCUT2D eigenvalue weighted by molar-refractivity contribution is 0.467. The van der Waals surface area contributed by atoms with Crippen LogP contribution in [-0.4, -0.2) is 19.6 Å². The molecule has 2 N–H and O–H groups in total. The molecule has 1 aliphatic rings. The highest BCUT2D eigenvalue weighted by Crippen LogP contribution is 2.28. The van der Waals surface area contributed by atoms with Crippen molar-refractivity contribution in [2.75, 3.05) is 0 Å². The molecule has 0 heterocycles. The van der Waals surface area contributed by atoms with Crippen molar-refractivity contribution in [3.05, 3.63) is 47.5 Å². The predicted octanol–water partition coefficient (Wildman–Crippen LogP) is 4.65. The van der Waals surface area contributed by atoms with E-state index in [2.05, 4.69) is 15.0 Å². The molecule has 138 valence electrons. The van der Waals surface area contributed by atoms with Crippen LogP contribution in [0.25, 0.3) is 0 Å². The fourth-order valence-corrected chi connectivity index (χ4v) is 4.43. The van der Waals surface area contributed by atoms with E-state index in [1.165, 1.54) is 0 Å². The van der Waals surface area contributed by atoms with E-state index in [0.29, 0.717) is 11.4 Å². The first-order valence-electron chi connectivity index (χ1n) is 8.69. The maximum absolute atomic E-state index is 12.4. The van der Waals surface area contributed by atoms with Crippen LogP contribution in [0, 0.1) is 13.8 Å². The molecule has 0 atom stereocenters. The van der Waals surface area contributed by atoms with E-state index < -0.39 is 10.0 Å². The summed E-state index contributed by atoms with van der Waals surface area (Å²) in [7, 11) is -3.49. The van der Waals surface area contributed by atoms with Crippen LogP contribution in [0.4, 0.5) is 11.4 Å². The van der Waals surface area contributed by atoms with Crippen molar-refractivity contribution in [2.45, 2.75) is 50.5 Å². The SMILES string of the molecule is Cc1cc(N=Nc2ccc(S(=O)(=O)NC3CCCC3)cc2)cc(C)c1O. The summed E-state index contributed by atoms with van der Waals surface area (Å²) in [5.74, 6) is 0.258. The molecule has 1 fully saturated rings. The van der Waals surface area contributed by atoms with Gasteiger partial charge in [-0.1, -0.05) is 12.8 Å². The molecule has 3 rings (SSSR count). The molecular weight excluding hydrogens is 350 g/mol. The molecule has 1 saturated carbocycles. The molecule has 0 radical (unpaired) electrons. The van der Waals surface area contributed by atoms with Gasteiger partial charge in [0.05, 0.1) is 16.3 Å². The molecule has 0 unspecified atom stereocenters. The van der Waals surface area contributed by atoms with Crippen LogP contribution < -0.4 is 4.72 Å². The van der Waals surface area contributed by atoms with Crippen molar-refractivity contribution in [3.8, 4) is 5.75 Å². The van der Waals surface area contributed by atoms with Gasteiger partial charge in [0.1, 0.15) is 5.75 Å². The minimum atomic E-state index is -3.49. The van der Waals surface area contributed by atoms with Gasteiger partial charge in [-0.2, -0.15) is 10.2 Å². The molecule has 2 aromatic carbocycles. The number of aromatic hydroxyl groups is 1. The van der Waals surface area contributed by atoms with Crippen molar-refractivity contribution in [2.24, 2.45) is 10.2 Å². The van der Waals surface area contributed by atoms with Gasteiger partial charge in [-0.15, -0.1) is 0 Å². The van der Waals surface area contributed by atoms with Gasteiger partial charge in [0.25, 0.3) is 0 Å². The first kappa shape index (κ1) is 18.5. The van der Waals surface area contributed by atoms with Crippen LogP contribution in [0.3, 0.4) is 0 Å². The average Bonchev–Trinajstić information content (AvgIpc) is 3.10. The van der Waals surface area contributed by atoms with Gasteiger partial charge in [-0.05, 0) is 74.2 Å². The second-order valence-corrected chi connectivity index (χ2v) is 8.44. The highest BCUT2D eigenvalue weighted by Gasteiger charge is 2.22. The predicted molar refractivity (Wildman–Crippen MR) is 101 cm³/mol. The Morgan fingerprint density at radius 1 is 0.962 bits per heavy atom. The molecule has 0 aromatic heterocycles. The largest absolute Gasteiger partial charge is 0.507 e. The van der Waals surface area contributed by atoms with Crippen molar-refractivity contribution < 1.29 is 13.5 Å². The van der Waals surface area contributed by atoms with Gasteiger partial charge in [-0.25, -0.2) is 13.1 Å². The fourth-order valence-electron chi connectivity index (χ4n) is 3.13. The Balaban J connectivity index is 1.73. The first-order chi connectivity index (χ1) is 12.3.